The fourth-order valence-corrected chi connectivity index (χ4v) is 4.44. The molecule has 1 aliphatic heterocycles. The van der Waals surface area contributed by atoms with Crippen LogP contribution >= 0.6 is 0 Å². The molecule has 8 nitrogen and oxygen atoms in total. The number of ketones is 1. The molecule has 0 saturated carbocycles. The monoisotopic (exact) mass is 479 g/mol. The molecule has 2 aromatic rings. The lowest BCUT2D eigenvalue weighted by Gasteiger charge is -2.28. The Kier molecular flexibility index (Phi) is 9.00. The van der Waals surface area contributed by atoms with Crippen LogP contribution in [0.4, 0.5) is 0 Å². The molecule has 0 spiro atoms. The number of nitrogens with one attached hydrogen (secondary N) is 1. The first-order valence-corrected chi connectivity index (χ1v) is 12.0. The van der Waals surface area contributed by atoms with Crippen molar-refractivity contribution in [1.82, 2.24) is 10.2 Å². The van der Waals surface area contributed by atoms with Crippen LogP contribution in [0.25, 0.3) is 0 Å². The van der Waals surface area contributed by atoms with Crippen LogP contribution in [0.3, 0.4) is 0 Å². The normalized spacial score (nSPS) is 16.9. The van der Waals surface area contributed by atoms with Gasteiger partial charge in [-0.3, -0.25) is 19.2 Å². The Bertz CT molecular complexity index is 1040. The number of likely N-dealkylation sites (tertiary alicyclic amines) is 1. The molecule has 35 heavy (non-hydrogen) atoms. The molecule has 0 unspecified atom stereocenters. The Balaban J connectivity index is 1.74. The first-order valence-electron chi connectivity index (χ1n) is 12.0. The summed E-state index contributed by atoms with van der Waals surface area (Å²) < 4.78 is 0. The topological polar surface area (TPSA) is 130 Å². The van der Waals surface area contributed by atoms with E-state index in [1.807, 2.05) is 30.3 Å². The van der Waals surface area contributed by atoms with Gasteiger partial charge in [0, 0.05) is 13.0 Å². The van der Waals surface area contributed by atoms with Crippen LogP contribution in [0.1, 0.15) is 43.7 Å². The highest BCUT2D eigenvalue weighted by Gasteiger charge is 2.37. The molecule has 3 atom stereocenters. The van der Waals surface area contributed by atoms with Crippen molar-refractivity contribution in [3.8, 4) is 5.75 Å². The molecular formula is C27H33N3O5. The maximum atomic E-state index is 13.3. The number of nitrogens with zero attached hydrogens (tertiary/aromatic N) is 1. The van der Waals surface area contributed by atoms with Crippen LogP contribution in [0.5, 0.6) is 5.75 Å². The van der Waals surface area contributed by atoms with E-state index < -0.39 is 29.8 Å². The summed E-state index contributed by atoms with van der Waals surface area (Å²) >= 11 is 0. The molecule has 1 aliphatic rings. The Morgan fingerprint density at radius 1 is 1.06 bits per heavy atom. The van der Waals surface area contributed by atoms with E-state index in [1.54, 1.807) is 19.1 Å². The Hall–Kier alpha value is -3.68. The predicted molar refractivity (Wildman–Crippen MR) is 131 cm³/mol. The minimum absolute atomic E-state index is 0.0939. The van der Waals surface area contributed by atoms with Gasteiger partial charge in [0.15, 0.2) is 0 Å². The van der Waals surface area contributed by atoms with Gasteiger partial charge in [-0.1, -0.05) is 49.4 Å². The van der Waals surface area contributed by atoms with Crippen molar-refractivity contribution in [2.45, 2.75) is 57.5 Å². The molecule has 0 aromatic heterocycles. The molecule has 3 rings (SSSR count). The zero-order chi connectivity index (χ0) is 25.4. The van der Waals surface area contributed by atoms with Crippen LogP contribution in [0.2, 0.25) is 0 Å². The molecule has 1 heterocycles. The van der Waals surface area contributed by atoms with Gasteiger partial charge in [0.1, 0.15) is 29.5 Å². The molecule has 0 aliphatic carbocycles. The number of aromatic hydroxyl groups is 1. The third-order valence-corrected chi connectivity index (χ3v) is 6.47. The maximum Gasteiger partial charge on any atom is 0.245 e. The molecule has 186 valence electrons. The third-order valence-electron chi connectivity index (χ3n) is 6.47. The number of benzene rings is 2. The Morgan fingerprint density at radius 3 is 2.37 bits per heavy atom. The van der Waals surface area contributed by atoms with E-state index in [1.165, 1.54) is 17.0 Å². The summed E-state index contributed by atoms with van der Waals surface area (Å²) in [6.07, 6.45) is 2.33. The zero-order valence-corrected chi connectivity index (χ0v) is 20.0. The number of rotatable bonds is 11. The standard InChI is InChI=1S/C27H33N3O5/c1-2-22(27(35)30-16-6-9-23(30)25(28)33)29-26(34)21(17-19-10-13-20(31)14-11-19)24(32)15-12-18-7-4-3-5-8-18/h3-5,7-8,10-11,13-14,21-23,31H,2,6,9,12,15-17H2,1H3,(H2,28,33)(H,29,34)/t21-,22+,23+/m1/s1. The number of carbonyl (C=O) groups excluding carboxylic acids is 4. The molecule has 8 heteroatoms. The van der Waals surface area contributed by atoms with Crippen molar-refractivity contribution in [2.24, 2.45) is 11.7 Å². The largest absolute Gasteiger partial charge is 0.508 e. The second-order valence-corrected chi connectivity index (χ2v) is 8.94. The van der Waals surface area contributed by atoms with Gasteiger partial charge in [0.2, 0.25) is 17.7 Å². The SMILES string of the molecule is CC[C@H](NC(=O)[C@H](Cc1ccc(O)cc1)C(=O)CCc1ccccc1)C(=O)N1CCC[C@H]1C(N)=O. The van der Waals surface area contributed by atoms with Gasteiger partial charge in [0.05, 0.1) is 0 Å². The van der Waals surface area contributed by atoms with Crippen LogP contribution in [0, 0.1) is 5.92 Å². The van der Waals surface area contributed by atoms with E-state index in [2.05, 4.69) is 5.32 Å². The van der Waals surface area contributed by atoms with Gasteiger partial charge < -0.3 is 21.1 Å². The molecule has 0 radical (unpaired) electrons. The van der Waals surface area contributed by atoms with E-state index in [4.69, 9.17) is 5.73 Å². The van der Waals surface area contributed by atoms with Crippen molar-refractivity contribution >= 4 is 23.5 Å². The minimum atomic E-state index is -0.990. The lowest BCUT2D eigenvalue weighted by atomic mass is 9.90. The second kappa shape index (κ2) is 12.1. The summed E-state index contributed by atoms with van der Waals surface area (Å²) in [5.41, 5.74) is 7.18. The van der Waals surface area contributed by atoms with Crippen LogP contribution in [0.15, 0.2) is 54.6 Å². The summed E-state index contributed by atoms with van der Waals surface area (Å²) in [6.45, 7) is 2.18. The predicted octanol–water partition coefficient (Wildman–Crippen LogP) is 2.12. The van der Waals surface area contributed by atoms with Gasteiger partial charge in [0.25, 0.3) is 0 Å². The lowest BCUT2D eigenvalue weighted by molar-refractivity contribution is -0.142. The first kappa shape index (κ1) is 25.9. The number of carbonyl (C=O) groups is 4. The van der Waals surface area contributed by atoms with Gasteiger partial charge in [-0.2, -0.15) is 0 Å². The number of aryl methyl sites for hydroxylation is 1. The number of hydrogen-bond acceptors (Lipinski definition) is 5. The first-order chi connectivity index (χ1) is 16.8. The average Bonchev–Trinajstić information content (AvgIpc) is 3.36. The van der Waals surface area contributed by atoms with Gasteiger partial charge in [-0.15, -0.1) is 0 Å². The number of hydrogen-bond donors (Lipinski definition) is 3. The summed E-state index contributed by atoms with van der Waals surface area (Å²) in [5, 5.41) is 12.3. The highest BCUT2D eigenvalue weighted by molar-refractivity contribution is 6.03. The average molecular weight is 480 g/mol. The van der Waals surface area contributed by atoms with Gasteiger partial charge in [-0.25, -0.2) is 0 Å². The van der Waals surface area contributed by atoms with Crippen LogP contribution in [-0.4, -0.2) is 52.1 Å². The van der Waals surface area contributed by atoms with Crippen molar-refractivity contribution in [1.29, 1.82) is 0 Å². The molecule has 1 fully saturated rings. The zero-order valence-electron chi connectivity index (χ0n) is 20.0. The molecule has 4 N–H and O–H groups in total. The molecular weight excluding hydrogens is 446 g/mol. The van der Waals surface area contributed by atoms with E-state index in [0.29, 0.717) is 32.2 Å². The molecule has 2 aromatic carbocycles. The summed E-state index contributed by atoms with van der Waals surface area (Å²) in [5.74, 6) is -2.56. The Labute approximate surface area is 205 Å². The Morgan fingerprint density at radius 2 is 1.74 bits per heavy atom. The fraction of sp³-hybridized carbons (Fsp3) is 0.407. The third kappa shape index (κ3) is 6.91. The molecule has 3 amide bonds. The van der Waals surface area contributed by atoms with Crippen LogP contribution < -0.4 is 11.1 Å². The number of phenols is 1. The molecule has 0 bridgehead atoms. The quantitative estimate of drug-likeness (QED) is 0.425. The van der Waals surface area contributed by atoms with E-state index in [9.17, 15) is 24.3 Å². The fourth-order valence-electron chi connectivity index (χ4n) is 4.44. The summed E-state index contributed by atoms with van der Waals surface area (Å²) in [7, 11) is 0. The molecule has 1 saturated heterocycles. The van der Waals surface area contributed by atoms with E-state index in [-0.39, 0.29) is 30.3 Å². The van der Waals surface area contributed by atoms with E-state index in [0.717, 1.165) is 11.1 Å². The van der Waals surface area contributed by atoms with Crippen molar-refractivity contribution in [3.05, 3.63) is 65.7 Å². The maximum absolute atomic E-state index is 13.3. The summed E-state index contributed by atoms with van der Waals surface area (Å²) in [4.78, 5) is 52.8. The number of nitrogens with two attached hydrogens (primary N) is 1. The number of phenolic OH excluding ortho intramolecular Hbond substituents is 1. The van der Waals surface area contributed by atoms with E-state index >= 15 is 0 Å². The summed E-state index contributed by atoms with van der Waals surface area (Å²) in [6, 6.07) is 14.4. The van der Waals surface area contributed by atoms with Crippen LogP contribution in [-0.2, 0) is 32.0 Å². The highest BCUT2D eigenvalue weighted by Crippen LogP contribution is 2.20. The van der Waals surface area contributed by atoms with Gasteiger partial charge in [-0.05, 0) is 55.4 Å². The number of Topliss-reactive ketones (excluding diaryl/α,β-unsaturated/α-hetero) is 1. The highest BCUT2D eigenvalue weighted by atomic mass is 16.3. The minimum Gasteiger partial charge on any atom is -0.508 e. The van der Waals surface area contributed by atoms with Crippen molar-refractivity contribution in [3.63, 3.8) is 0 Å². The second-order valence-electron chi connectivity index (χ2n) is 8.94. The van der Waals surface area contributed by atoms with Crippen molar-refractivity contribution in [2.75, 3.05) is 6.54 Å². The lowest BCUT2D eigenvalue weighted by Crippen LogP contribution is -2.54. The van der Waals surface area contributed by atoms with Gasteiger partial charge >= 0.3 is 0 Å². The number of primary amides is 1. The smallest absolute Gasteiger partial charge is 0.245 e. The number of amides is 3. The van der Waals surface area contributed by atoms with Crippen molar-refractivity contribution < 1.29 is 24.3 Å².